The van der Waals surface area contributed by atoms with Crippen LogP contribution in [-0.4, -0.2) is 33.9 Å². The van der Waals surface area contributed by atoms with Gasteiger partial charge in [-0.25, -0.2) is 0 Å². The Morgan fingerprint density at radius 3 is 2.38 bits per heavy atom. The second-order valence-electron chi connectivity index (χ2n) is 5.94. The fourth-order valence-corrected chi connectivity index (χ4v) is 3.20. The second-order valence-corrected chi connectivity index (χ2v) is 5.94. The lowest BCUT2D eigenvalue weighted by molar-refractivity contribution is -0.141. The standard InChI is InChI=1S/C20H22O6/c1-12(21)25-11-15-14-6-5-7-17(23-3)20(14)26-19(15)13-8-9-16(22-2)18(10-13)24-4/h5-10,15,19H,11H2,1-4H3/t15-,19+/m1/s1. The lowest BCUT2D eigenvalue weighted by Crippen LogP contribution is -2.17. The molecule has 6 nitrogen and oxygen atoms in total. The molecule has 0 fully saturated rings. The predicted octanol–water partition coefficient (Wildman–Crippen LogP) is 3.49. The molecule has 0 bridgehead atoms. The van der Waals surface area contributed by atoms with E-state index in [1.807, 2.05) is 36.4 Å². The molecule has 26 heavy (non-hydrogen) atoms. The van der Waals surface area contributed by atoms with Crippen LogP contribution in [0.1, 0.15) is 30.1 Å². The van der Waals surface area contributed by atoms with Crippen LogP contribution in [0.5, 0.6) is 23.0 Å². The summed E-state index contributed by atoms with van der Waals surface area (Å²) in [5.41, 5.74) is 1.85. The number of para-hydroxylation sites is 1. The maximum atomic E-state index is 11.3. The number of fused-ring (bicyclic) bond motifs is 1. The summed E-state index contributed by atoms with van der Waals surface area (Å²) in [6.45, 7) is 1.61. The lowest BCUT2D eigenvalue weighted by atomic mass is 9.91. The third-order valence-electron chi connectivity index (χ3n) is 4.44. The molecule has 0 aromatic heterocycles. The van der Waals surface area contributed by atoms with Crippen molar-refractivity contribution >= 4 is 5.97 Å². The zero-order valence-electron chi connectivity index (χ0n) is 15.3. The highest BCUT2D eigenvalue weighted by Crippen LogP contribution is 2.51. The summed E-state index contributed by atoms with van der Waals surface area (Å²) in [7, 11) is 4.78. The van der Waals surface area contributed by atoms with Crippen LogP contribution in [-0.2, 0) is 9.53 Å². The first-order valence-corrected chi connectivity index (χ1v) is 8.27. The van der Waals surface area contributed by atoms with Crippen LogP contribution in [0, 0.1) is 0 Å². The van der Waals surface area contributed by atoms with Gasteiger partial charge in [-0.2, -0.15) is 0 Å². The number of benzene rings is 2. The molecule has 0 amide bonds. The number of methoxy groups -OCH3 is 3. The first kappa shape index (κ1) is 17.9. The lowest BCUT2D eigenvalue weighted by Gasteiger charge is -2.20. The summed E-state index contributed by atoms with van der Waals surface area (Å²) >= 11 is 0. The van der Waals surface area contributed by atoms with Gasteiger partial charge in [-0.1, -0.05) is 18.2 Å². The molecule has 1 aliphatic heterocycles. The highest BCUT2D eigenvalue weighted by molar-refractivity contribution is 5.66. The molecule has 2 aromatic rings. The van der Waals surface area contributed by atoms with Crippen molar-refractivity contribution in [2.75, 3.05) is 27.9 Å². The largest absolute Gasteiger partial charge is 0.493 e. The van der Waals surface area contributed by atoms with Crippen LogP contribution in [0.2, 0.25) is 0 Å². The molecule has 1 heterocycles. The first-order valence-electron chi connectivity index (χ1n) is 8.27. The number of rotatable bonds is 6. The fourth-order valence-electron chi connectivity index (χ4n) is 3.20. The molecular formula is C20H22O6. The number of carbonyl (C=O) groups is 1. The quantitative estimate of drug-likeness (QED) is 0.737. The van der Waals surface area contributed by atoms with Crippen LogP contribution in [0.4, 0.5) is 0 Å². The van der Waals surface area contributed by atoms with E-state index >= 15 is 0 Å². The Morgan fingerprint density at radius 2 is 1.73 bits per heavy atom. The van der Waals surface area contributed by atoms with E-state index in [1.165, 1.54) is 6.92 Å². The Hall–Kier alpha value is -2.89. The molecule has 0 unspecified atom stereocenters. The monoisotopic (exact) mass is 358 g/mol. The summed E-state index contributed by atoms with van der Waals surface area (Å²) < 4.78 is 27.6. The number of ether oxygens (including phenoxy) is 5. The molecule has 0 spiro atoms. The normalized spacial score (nSPS) is 17.8. The van der Waals surface area contributed by atoms with Gasteiger partial charge in [0.25, 0.3) is 0 Å². The summed E-state index contributed by atoms with van der Waals surface area (Å²) in [6.07, 6.45) is -0.333. The van der Waals surface area contributed by atoms with Gasteiger partial charge in [0.05, 0.1) is 27.2 Å². The van der Waals surface area contributed by atoms with E-state index in [2.05, 4.69) is 0 Å². The molecule has 0 aliphatic carbocycles. The minimum atomic E-state index is -0.333. The van der Waals surface area contributed by atoms with Crippen LogP contribution in [0.15, 0.2) is 36.4 Å². The van der Waals surface area contributed by atoms with E-state index in [0.29, 0.717) is 23.0 Å². The second kappa shape index (κ2) is 7.56. The Labute approximate surface area is 152 Å². The number of carbonyl (C=O) groups excluding carboxylic acids is 1. The Morgan fingerprint density at radius 1 is 1.00 bits per heavy atom. The van der Waals surface area contributed by atoms with Crippen LogP contribution in [0.25, 0.3) is 0 Å². The van der Waals surface area contributed by atoms with Gasteiger partial charge in [0.15, 0.2) is 23.0 Å². The molecule has 2 atom stereocenters. The van der Waals surface area contributed by atoms with Gasteiger partial charge in [-0.05, 0) is 23.8 Å². The van der Waals surface area contributed by atoms with Gasteiger partial charge in [0.1, 0.15) is 12.7 Å². The summed E-state index contributed by atoms with van der Waals surface area (Å²) in [5.74, 6) is 2.10. The molecular weight excluding hydrogens is 336 g/mol. The highest BCUT2D eigenvalue weighted by Gasteiger charge is 2.38. The molecule has 0 N–H and O–H groups in total. The van der Waals surface area contributed by atoms with Crippen molar-refractivity contribution in [3.8, 4) is 23.0 Å². The van der Waals surface area contributed by atoms with Gasteiger partial charge in [-0.3, -0.25) is 4.79 Å². The van der Waals surface area contributed by atoms with Crippen LogP contribution >= 0.6 is 0 Å². The van der Waals surface area contributed by atoms with Crippen molar-refractivity contribution in [3.05, 3.63) is 47.5 Å². The van der Waals surface area contributed by atoms with E-state index in [0.717, 1.165) is 11.1 Å². The first-order chi connectivity index (χ1) is 12.6. The van der Waals surface area contributed by atoms with E-state index < -0.39 is 0 Å². The Kier molecular flexibility index (Phi) is 5.21. The minimum Gasteiger partial charge on any atom is -0.493 e. The van der Waals surface area contributed by atoms with Crippen molar-refractivity contribution in [2.24, 2.45) is 0 Å². The smallest absolute Gasteiger partial charge is 0.302 e. The van der Waals surface area contributed by atoms with Crippen LogP contribution in [0.3, 0.4) is 0 Å². The minimum absolute atomic E-state index is 0.151. The van der Waals surface area contributed by atoms with Gasteiger partial charge in [0.2, 0.25) is 0 Å². The van der Waals surface area contributed by atoms with Crippen molar-refractivity contribution < 1.29 is 28.5 Å². The van der Waals surface area contributed by atoms with Crippen LogP contribution < -0.4 is 18.9 Å². The van der Waals surface area contributed by atoms with Crippen molar-refractivity contribution in [2.45, 2.75) is 18.9 Å². The molecule has 1 aliphatic rings. The van der Waals surface area contributed by atoms with Gasteiger partial charge >= 0.3 is 5.97 Å². The van der Waals surface area contributed by atoms with E-state index in [-0.39, 0.29) is 24.6 Å². The fraction of sp³-hybridized carbons (Fsp3) is 0.350. The Bertz CT molecular complexity index is 801. The molecule has 138 valence electrons. The van der Waals surface area contributed by atoms with Gasteiger partial charge < -0.3 is 23.7 Å². The maximum Gasteiger partial charge on any atom is 0.302 e. The van der Waals surface area contributed by atoms with Gasteiger partial charge in [-0.15, -0.1) is 0 Å². The summed E-state index contributed by atoms with van der Waals surface area (Å²) in [4.78, 5) is 11.3. The van der Waals surface area contributed by atoms with E-state index in [1.54, 1.807) is 21.3 Å². The van der Waals surface area contributed by atoms with Crippen molar-refractivity contribution in [1.82, 2.24) is 0 Å². The predicted molar refractivity (Wildman–Crippen MR) is 95.3 cm³/mol. The third-order valence-corrected chi connectivity index (χ3v) is 4.44. The van der Waals surface area contributed by atoms with Crippen molar-refractivity contribution in [3.63, 3.8) is 0 Å². The van der Waals surface area contributed by atoms with Crippen molar-refractivity contribution in [1.29, 1.82) is 0 Å². The SMILES string of the molecule is COc1ccc([C@@H]2Oc3c(OC)cccc3[C@H]2COC(C)=O)cc1OC. The van der Waals surface area contributed by atoms with E-state index in [9.17, 15) is 4.79 Å². The number of hydrogen-bond donors (Lipinski definition) is 0. The topological polar surface area (TPSA) is 63.2 Å². The molecule has 2 aromatic carbocycles. The Balaban J connectivity index is 2.01. The highest BCUT2D eigenvalue weighted by atomic mass is 16.5. The van der Waals surface area contributed by atoms with Gasteiger partial charge in [0, 0.05) is 12.5 Å². The molecule has 0 saturated heterocycles. The third kappa shape index (κ3) is 3.27. The molecule has 0 radical (unpaired) electrons. The molecule has 6 heteroatoms. The molecule has 0 saturated carbocycles. The zero-order chi connectivity index (χ0) is 18.7. The van der Waals surface area contributed by atoms with E-state index in [4.69, 9.17) is 23.7 Å². The zero-order valence-corrected chi connectivity index (χ0v) is 15.3. The average Bonchev–Trinajstić information content (AvgIpc) is 3.04. The maximum absolute atomic E-state index is 11.3. The summed E-state index contributed by atoms with van der Waals surface area (Å²) in [6, 6.07) is 11.3. The number of hydrogen-bond acceptors (Lipinski definition) is 6. The number of esters is 1. The summed E-state index contributed by atoms with van der Waals surface area (Å²) in [5, 5.41) is 0. The average molecular weight is 358 g/mol. The molecule has 3 rings (SSSR count).